The van der Waals surface area contributed by atoms with E-state index in [0.717, 1.165) is 12.8 Å². The zero-order valence-electron chi connectivity index (χ0n) is 29.9. The summed E-state index contributed by atoms with van der Waals surface area (Å²) in [4.78, 5) is 4.36. The summed E-state index contributed by atoms with van der Waals surface area (Å²) in [6, 6.07) is 58.9. The van der Waals surface area contributed by atoms with Crippen molar-refractivity contribution in [3.05, 3.63) is 205 Å². The Hall–Kier alpha value is -6.57. The standard InChI is InChI=1S/C53H37N/c1-2-10-34(11-3-1)39-23-25-48-51(32-39)52(36-26-28-54-29-27-36)46-16-8-9-17-47(46)53(48)41-21-19-37-30-40(20-18-38(37)31-41)49-33-50-42-13-5-4-12-35(42)22-24-45(50)43-14-6-7-15-44(43)49/h1-14,16-32,44,49H,15,33H2. The summed E-state index contributed by atoms with van der Waals surface area (Å²) in [6.45, 7) is 0. The summed E-state index contributed by atoms with van der Waals surface area (Å²) >= 11 is 0. The van der Waals surface area contributed by atoms with E-state index in [4.69, 9.17) is 0 Å². The smallest absolute Gasteiger partial charge is 0.0273 e. The number of nitrogens with zero attached hydrogens (tertiary/aromatic N) is 1. The van der Waals surface area contributed by atoms with Crippen molar-refractivity contribution in [1.29, 1.82) is 0 Å². The van der Waals surface area contributed by atoms with Crippen LogP contribution in [-0.4, -0.2) is 4.98 Å². The van der Waals surface area contributed by atoms with E-state index in [0.29, 0.717) is 11.8 Å². The number of rotatable bonds is 4. The van der Waals surface area contributed by atoms with Crippen LogP contribution >= 0.6 is 0 Å². The van der Waals surface area contributed by atoms with Gasteiger partial charge < -0.3 is 0 Å². The van der Waals surface area contributed by atoms with E-state index in [1.54, 1.807) is 0 Å². The molecule has 0 aliphatic heterocycles. The Kier molecular flexibility index (Phi) is 7.20. The monoisotopic (exact) mass is 687 g/mol. The van der Waals surface area contributed by atoms with Crippen molar-refractivity contribution in [1.82, 2.24) is 4.98 Å². The molecule has 0 spiro atoms. The molecule has 2 unspecified atom stereocenters. The second-order valence-corrected chi connectivity index (χ2v) is 15.0. The van der Waals surface area contributed by atoms with E-state index in [2.05, 4.69) is 181 Å². The van der Waals surface area contributed by atoms with Crippen LogP contribution in [0.3, 0.4) is 0 Å². The maximum absolute atomic E-state index is 4.36. The Balaban J connectivity index is 1.07. The molecule has 0 fully saturated rings. The van der Waals surface area contributed by atoms with E-state index in [1.807, 2.05) is 12.4 Å². The highest BCUT2D eigenvalue weighted by Gasteiger charge is 2.34. The van der Waals surface area contributed by atoms with Gasteiger partial charge in [0, 0.05) is 12.4 Å². The molecule has 2 aliphatic carbocycles. The van der Waals surface area contributed by atoms with E-state index in [9.17, 15) is 0 Å². The van der Waals surface area contributed by atoms with Crippen molar-refractivity contribution in [3.63, 3.8) is 0 Å². The minimum Gasteiger partial charge on any atom is -0.265 e. The van der Waals surface area contributed by atoms with Gasteiger partial charge in [0.05, 0.1) is 0 Å². The lowest BCUT2D eigenvalue weighted by Crippen LogP contribution is -2.24. The summed E-state index contributed by atoms with van der Waals surface area (Å²) in [7, 11) is 0. The van der Waals surface area contributed by atoms with E-state index < -0.39 is 0 Å². The minimum atomic E-state index is 0.427. The van der Waals surface area contributed by atoms with Gasteiger partial charge in [0.1, 0.15) is 0 Å². The van der Waals surface area contributed by atoms with Gasteiger partial charge in [0.25, 0.3) is 0 Å². The van der Waals surface area contributed by atoms with Gasteiger partial charge in [-0.15, -0.1) is 0 Å². The van der Waals surface area contributed by atoms with Crippen LogP contribution < -0.4 is 0 Å². The lowest BCUT2D eigenvalue weighted by Gasteiger charge is -2.37. The highest BCUT2D eigenvalue weighted by atomic mass is 14.6. The average Bonchev–Trinajstić information content (AvgIpc) is 3.25. The molecule has 0 saturated heterocycles. The van der Waals surface area contributed by atoms with Gasteiger partial charge in [-0.1, -0.05) is 152 Å². The molecule has 1 nitrogen and oxygen atoms in total. The van der Waals surface area contributed by atoms with Crippen molar-refractivity contribution in [2.24, 2.45) is 5.92 Å². The first kappa shape index (κ1) is 31.0. The fourth-order valence-corrected chi connectivity index (χ4v) is 9.64. The largest absolute Gasteiger partial charge is 0.265 e. The second kappa shape index (κ2) is 12.5. The normalized spacial score (nSPS) is 16.4. The molecule has 0 N–H and O–H groups in total. The Morgan fingerprint density at radius 2 is 1.13 bits per heavy atom. The Bertz CT molecular complexity index is 2990. The van der Waals surface area contributed by atoms with Crippen LogP contribution in [-0.2, 0) is 6.42 Å². The first-order valence-corrected chi connectivity index (χ1v) is 19.1. The van der Waals surface area contributed by atoms with Gasteiger partial charge in [0.2, 0.25) is 0 Å². The maximum atomic E-state index is 4.36. The quantitative estimate of drug-likeness (QED) is 0.168. The molecule has 54 heavy (non-hydrogen) atoms. The highest BCUT2D eigenvalue weighted by molar-refractivity contribution is 6.22. The summed E-state index contributed by atoms with van der Waals surface area (Å²) in [5.74, 6) is 0.911. The summed E-state index contributed by atoms with van der Waals surface area (Å²) < 4.78 is 0. The van der Waals surface area contributed by atoms with Crippen LogP contribution in [0.1, 0.15) is 29.0 Å². The fourth-order valence-electron chi connectivity index (χ4n) is 9.64. The third-order valence-electron chi connectivity index (χ3n) is 12.1. The van der Waals surface area contributed by atoms with Gasteiger partial charge in [0.15, 0.2) is 0 Å². The van der Waals surface area contributed by atoms with Gasteiger partial charge in [-0.3, -0.25) is 4.98 Å². The van der Waals surface area contributed by atoms with Crippen LogP contribution in [0.4, 0.5) is 0 Å². The number of benzene rings is 8. The van der Waals surface area contributed by atoms with Crippen LogP contribution in [0.25, 0.3) is 82.0 Å². The highest BCUT2D eigenvalue weighted by Crippen LogP contribution is 2.50. The SMILES string of the molecule is C1=CCC2C(=C1)c1ccc3ccccc3c1CC2c1ccc2cc(-c3c4ccccc4c(-c4ccncc4)c4cc(-c5ccccc5)ccc34)ccc2c1. The first-order valence-electron chi connectivity index (χ1n) is 19.1. The zero-order valence-corrected chi connectivity index (χ0v) is 29.9. The van der Waals surface area contributed by atoms with E-state index >= 15 is 0 Å². The number of fused-ring (bicyclic) bond motifs is 8. The number of hydrogen-bond donors (Lipinski definition) is 0. The van der Waals surface area contributed by atoms with Crippen molar-refractivity contribution < 1.29 is 0 Å². The van der Waals surface area contributed by atoms with Crippen molar-refractivity contribution in [3.8, 4) is 33.4 Å². The third-order valence-corrected chi connectivity index (χ3v) is 12.1. The molecule has 0 radical (unpaired) electrons. The van der Waals surface area contributed by atoms with Crippen molar-refractivity contribution >= 4 is 48.7 Å². The Labute approximate surface area is 315 Å². The minimum absolute atomic E-state index is 0.427. The molecule has 11 rings (SSSR count). The predicted molar refractivity (Wildman–Crippen MR) is 229 cm³/mol. The summed E-state index contributed by atoms with van der Waals surface area (Å²) in [5, 5.41) is 10.3. The van der Waals surface area contributed by atoms with Crippen LogP contribution in [0.2, 0.25) is 0 Å². The number of allylic oxidation sites excluding steroid dienone is 4. The molecule has 0 saturated carbocycles. The molecule has 0 amide bonds. The molecule has 254 valence electrons. The van der Waals surface area contributed by atoms with E-state index in [-0.39, 0.29) is 0 Å². The average molecular weight is 688 g/mol. The number of aromatic nitrogens is 1. The number of hydrogen-bond acceptors (Lipinski definition) is 1. The number of pyridine rings is 1. The Morgan fingerprint density at radius 1 is 0.444 bits per heavy atom. The topological polar surface area (TPSA) is 12.9 Å². The Morgan fingerprint density at radius 3 is 1.98 bits per heavy atom. The summed E-state index contributed by atoms with van der Waals surface area (Å²) in [6.07, 6.45) is 12.9. The van der Waals surface area contributed by atoms with Gasteiger partial charge >= 0.3 is 0 Å². The van der Waals surface area contributed by atoms with Crippen LogP contribution in [0.5, 0.6) is 0 Å². The van der Waals surface area contributed by atoms with Crippen molar-refractivity contribution in [2.45, 2.75) is 18.8 Å². The lowest BCUT2D eigenvalue weighted by atomic mass is 9.66. The lowest BCUT2D eigenvalue weighted by molar-refractivity contribution is 0.506. The van der Waals surface area contributed by atoms with Crippen molar-refractivity contribution in [2.75, 3.05) is 0 Å². The molecule has 1 heterocycles. The second-order valence-electron chi connectivity index (χ2n) is 15.0. The molecule has 2 atom stereocenters. The molecular weight excluding hydrogens is 651 g/mol. The van der Waals surface area contributed by atoms with E-state index in [1.165, 1.54) is 98.7 Å². The molecule has 0 bridgehead atoms. The maximum Gasteiger partial charge on any atom is 0.0273 e. The molecule has 1 heteroatoms. The van der Waals surface area contributed by atoms with Gasteiger partial charge in [-0.05, 0) is 148 Å². The molecule has 2 aliphatic rings. The van der Waals surface area contributed by atoms with Crippen LogP contribution in [0.15, 0.2) is 188 Å². The molecule has 9 aromatic rings. The molecular formula is C53H37N. The summed E-state index contributed by atoms with van der Waals surface area (Å²) in [5.41, 5.74) is 13.3. The molecule has 8 aromatic carbocycles. The zero-order chi connectivity index (χ0) is 35.6. The fraction of sp³-hybridized carbons (Fsp3) is 0.0755. The van der Waals surface area contributed by atoms with Crippen LogP contribution in [0, 0.1) is 5.92 Å². The molecule has 1 aromatic heterocycles. The third kappa shape index (κ3) is 4.96. The van der Waals surface area contributed by atoms with Gasteiger partial charge in [-0.2, -0.15) is 0 Å². The predicted octanol–water partition coefficient (Wildman–Crippen LogP) is 14.0. The first-order chi connectivity index (χ1) is 26.8. The van der Waals surface area contributed by atoms with Gasteiger partial charge in [-0.25, -0.2) is 0 Å².